The molecule has 0 aliphatic heterocycles. The Morgan fingerprint density at radius 3 is 2.59 bits per heavy atom. The van der Waals surface area contributed by atoms with E-state index in [0.29, 0.717) is 18.7 Å². The van der Waals surface area contributed by atoms with Crippen molar-refractivity contribution in [3.05, 3.63) is 39.9 Å². The minimum atomic E-state index is -0.417. The van der Waals surface area contributed by atoms with Gasteiger partial charge in [0.15, 0.2) is 0 Å². The third-order valence-corrected chi connectivity index (χ3v) is 2.49. The van der Waals surface area contributed by atoms with E-state index in [1.54, 1.807) is 23.1 Å². The van der Waals surface area contributed by atoms with Crippen molar-refractivity contribution >= 4 is 11.6 Å². The first-order chi connectivity index (χ1) is 8.06. The average Bonchev–Trinajstić information content (AvgIpc) is 2.28. The third kappa shape index (κ3) is 3.55. The molecule has 0 aliphatic carbocycles. The molecule has 0 fully saturated rings. The van der Waals surface area contributed by atoms with Gasteiger partial charge < -0.3 is 4.90 Å². The van der Waals surface area contributed by atoms with E-state index >= 15 is 0 Å². The Kier molecular flexibility index (Phi) is 4.63. The third-order valence-electron chi connectivity index (χ3n) is 2.49. The Bertz CT molecular complexity index is 418. The highest BCUT2D eigenvalue weighted by Gasteiger charge is 2.16. The quantitative estimate of drug-likeness (QED) is 0.582. The molecular weight excluding hydrogens is 220 g/mol. The summed E-state index contributed by atoms with van der Waals surface area (Å²) in [6.45, 7) is 4.35. The van der Waals surface area contributed by atoms with Crippen molar-refractivity contribution in [2.24, 2.45) is 0 Å². The second kappa shape index (κ2) is 5.98. The Morgan fingerprint density at radius 2 is 2.06 bits per heavy atom. The predicted octanol–water partition coefficient (Wildman–Crippen LogP) is 2.35. The summed E-state index contributed by atoms with van der Waals surface area (Å²) in [6, 6.07) is 6.51. The largest absolute Gasteiger partial charge is 0.338 e. The van der Waals surface area contributed by atoms with Gasteiger partial charge >= 0.3 is 0 Å². The zero-order valence-electron chi connectivity index (χ0n) is 10.0. The summed E-state index contributed by atoms with van der Waals surface area (Å²) in [6.07, 6.45) is 0.834. The van der Waals surface area contributed by atoms with Gasteiger partial charge in [0.25, 0.3) is 5.69 Å². The lowest BCUT2D eigenvalue weighted by Crippen LogP contribution is -2.29. The Labute approximate surface area is 100 Å². The summed E-state index contributed by atoms with van der Waals surface area (Å²) in [5.41, 5.74) is 0.635. The monoisotopic (exact) mass is 236 g/mol. The second-order valence-electron chi connectivity index (χ2n) is 3.83. The molecule has 1 amide bonds. The first-order valence-corrected chi connectivity index (χ1v) is 5.54. The minimum Gasteiger partial charge on any atom is -0.338 e. The van der Waals surface area contributed by atoms with Crippen LogP contribution in [0, 0.1) is 10.1 Å². The van der Waals surface area contributed by atoms with Gasteiger partial charge in [-0.05, 0) is 6.42 Å². The van der Waals surface area contributed by atoms with Gasteiger partial charge in [-0.2, -0.15) is 0 Å². The van der Waals surface area contributed by atoms with E-state index in [0.717, 1.165) is 6.42 Å². The molecule has 5 nitrogen and oxygen atoms in total. The number of para-hydroxylation sites is 1. The van der Waals surface area contributed by atoms with E-state index in [4.69, 9.17) is 0 Å². The molecule has 0 N–H and O–H groups in total. The molecule has 92 valence electrons. The molecule has 0 saturated heterocycles. The average molecular weight is 236 g/mol. The SMILES string of the molecule is CCCN(Cc1ccccc1[N+](=O)[O-])C(C)=O. The fourth-order valence-corrected chi connectivity index (χ4v) is 1.65. The summed E-state index contributed by atoms with van der Waals surface area (Å²) in [7, 11) is 0. The van der Waals surface area contributed by atoms with Crippen LogP contribution < -0.4 is 0 Å². The summed E-state index contributed by atoms with van der Waals surface area (Å²) in [5.74, 6) is -0.0648. The van der Waals surface area contributed by atoms with Crippen LogP contribution in [-0.4, -0.2) is 22.3 Å². The topological polar surface area (TPSA) is 63.4 Å². The van der Waals surface area contributed by atoms with Crippen LogP contribution in [0.5, 0.6) is 0 Å². The van der Waals surface area contributed by atoms with E-state index < -0.39 is 4.92 Å². The van der Waals surface area contributed by atoms with Crippen LogP contribution in [-0.2, 0) is 11.3 Å². The fourth-order valence-electron chi connectivity index (χ4n) is 1.65. The summed E-state index contributed by atoms with van der Waals surface area (Å²) < 4.78 is 0. The molecule has 1 rings (SSSR count). The smallest absolute Gasteiger partial charge is 0.274 e. The van der Waals surface area contributed by atoms with Gasteiger partial charge in [0.05, 0.1) is 11.5 Å². The first kappa shape index (κ1) is 13.2. The van der Waals surface area contributed by atoms with E-state index in [9.17, 15) is 14.9 Å². The highest BCUT2D eigenvalue weighted by molar-refractivity contribution is 5.73. The molecule has 0 heterocycles. The lowest BCUT2D eigenvalue weighted by atomic mass is 10.1. The summed E-state index contributed by atoms with van der Waals surface area (Å²) in [4.78, 5) is 23.4. The first-order valence-electron chi connectivity index (χ1n) is 5.54. The molecule has 0 atom stereocenters. The fraction of sp³-hybridized carbons (Fsp3) is 0.417. The van der Waals surface area contributed by atoms with E-state index in [1.165, 1.54) is 13.0 Å². The van der Waals surface area contributed by atoms with Crippen molar-refractivity contribution in [2.75, 3.05) is 6.54 Å². The number of carbonyl (C=O) groups excluding carboxylic acids is 1. The van der Waals surface area contributed by atoms with Gasteiger partial charge in [0.1, 0.15) is 0 Å². The number of amides is 1. The van der Waals surface area contributed by atoms with Crippen molar-refractivity contribution in [3.63, 3.8) is 0 Å². The lowest BCUT2D eigenvalue weighted by molar-refractivity contribution is -0.385. The lowest BCUT2D eigenvalue weighted by Gasteiger charge is -2.20. The zero-order chi connectivity index (χ0) is 12.8. The van der Waals surface area contributed by atoms with Crippen molar-refractivity contribution in [1.29, 1.82) is 0 Å². The number of hydrogen-bond acceptors (Lipinski definition) is 3. The van der Waals surface area contributed by atoms with Gasteiger partial charge in [-0.15, -0.1) is 0 Å². The maximum absolute atomic E-state index is 11.4. The number of nitrogens with zero attached hydrogens (tertiary/aromatic N) is 2. The molecule has 1 aromatic rings. The van der Waals surface area contributed by atoms with E-state index in [1.807, 2.05) is 6.92 Å². The molecule has 0 aliphatic rings. The molecule has 1 aromatic carbocycles. The molecule has 0 saturated carbocycles. The molecule has 0 unspecified atom stereocenters. The van der Waals surface area contributed by atoms with Gasteiger partial charge in [-0.3, -0.25) is 14.9 Å². The number of nitro benzene ring substituents is 1. The van der Waals surface area contributed by atoms with Crippen LogP contribution in [0.4, 0.5) is 5.69 Å². The van der Waals surface area contributed by atoms with Crippen LogP contribution in [0.25, 0.3) is 0 Å². The molecule has 5 heteroatoms. The van der Waals surface area contributed by atoms with Crippen molar-refractivity contribution < 1.29 is 9.72 Å². The van der Waals surface area contributed by atoms with Crippen LogP contribution >= 0.6 is 0 Å². The highest BCUT2D eigenvalue weighted by atomic mass is 16.6. The molecular formula is C12H16N2O3. The Balaban J connectivity index is 2.92. The number of nitro groups is 1. The Morgan fingerprint density at radius 1 is 1.41 bits per heavy atom. The summed E-state index contributed by atoms with van der Waals surface area (Å²) >= 11 is 0. The number of hydrogen-bond donors (Lipinski definition) is 0. The van der Waals surface area contributed by atoms with Gasteiger partial charge in [0.2, 0.25) is 5.91 Å². The van der Waals surface area contributed by atoms with E-state index in [-0.39, 0.29) is 11.6 Å². The van der Waals surface area contributed by atoms with Gasteiger partial charge in [0, 0.05) is 25.1 Å². The van der Waals surface area contributed by atoms with Gasteiger partial charge in [-0.1, -0.05) is 25.1 Å². The number of rotatable bonds is 5. The number of carbonyl (C=O) groups is 1. The second-order valence-corrected chi connectivity index (χ2v) is 3.83. The Hall–Kier alpha value is -1.91. The van der Waals surface area contributed by atoms with Gasteiger partial charge in [-0.25, -0.2) is 0 Å². The molecule has 17 heavy (non-hydrogen) atoms. The van der Waals surface area contributed by atoms with E-state index in [2.05, 4.69) is 0 Å². The van der Waals surface area contributed by atoms with Crippen LogP contribution in [0.2, 0.25) is 0 Å². The zero-order valence-corrected chi connectivity index (χ0v) is 10.0. The standard InChI is InChI=1S/C12H16N2O3/c1-3-8-13(10(2)15)9-11-6-4-5-7-12(11)14(16)17/h4-7H,3,8-9H2,1-2H3. The molecule has 0 aromatic heterocycles. The van der Waals surface area contributed by atoms with Crippen molar-refractivity contribution in [1.82, 2.24) is 4.90 Å². The van der Waals surface area contributed by atoms with Crippen LogP contribution in [0.3, 0.4) is 0 Å². The molecule has 0 spiro atoms. The predicted molar refractivity (Wildman–Crippen MR) is 64.5 cm³/mol. The number of benzene rings is 1. The van der Waals surface area contributed by atoms with Crippen LogP contribution in [0.15, 0.2) is 24.3 Å². The maximum atomic E-state index is 11.4. The molecule has 0 bridgehead atoms. The highest BCUT2D eigenvalue weighted by Crippen LogP contribution is 2.19. The molecule has 0 radical (unpaired) electrons. The minimum absolute atomic E-state index is 0.0647. The summed E-state index contributed by atoms with van der Waals surface area (Å²) in [5, 5.41) is 10.8. The maximum Gasteiger partial charge on any atom is 0.274 e. The normalized spacial score (nSPS) is 10.0. The van der Waals surface area contributed by atoms with Crippen LogP contribution in [0.1, 0.15) is 25.8 Å². The van der Waals surface area contributed by atoms with Crippen molar-refractivity contribution in [2.45, 2.75) is 26.8 Å². The van der Waals surface area contributed by atoms with Crippen molar-refractivity contribution in [3.8, 4) is 0 Å².